The van der Waals surface area contributed by atoms with Crippen LogP contribution in [-0.2, 0) is 16.0 Å². The normalized spacial score (nSPS) is 11.1. The third kappa shape index (κ3) is 6.07. The Labute approximate surface area is 141 Å². The van der Waals surface area contributed by atoms with Gasteiger partial charge in [-0.25, -0.2) is 0 Å². The van der Waals surface area contributed by atoms with E-state index < -0.39 is 5.91 Å². The molecule has 0 aliphatic heterocycles. The Hall–Kier alpha value is -1.54. The van der Waals surface area contributed by atoms with Crippen LogP contribution in [0.5, 0.6) is 5.75 Å². The van der Waals surface area contributed by atoms with Crippen LogP contribution in [-0.4, -0.2) is 41.3 Å². The molecule has 120 valence electrons. The van der Waals surface area contributed by atoms with Crippen LogP contribution in [0.25, 0.3) is 0 Å². The van der Waals surface area contributed by atoms with Crippen LogP contribution in [0.3, 0.4) is 0 Å². The topological polar surface area (TPSA) is 88.0 Å². The molecule has 8 heteroatoms. The van der Waals surface area contributed by atoms with Gasteiger partial charge in [-0.15, -0.1) is 0 Å². The van der Waals surface area contributed by atoms with Crippen LogP contribution in [0.1, 0.15) is 12.5 Å². The zero-order valence-electron chi connectivity index (χ0n) is 12.3. The molecule has 1 aromatic carbocycles. The molecule has 6 nitrogen and oxygen atoms in total. The number of carbonyl (C=O) groups excluding carboxylic acids is 2. The molecule has 0 aromatic heterocycles. The van der Waals surface area contributed by atoms with E-state index in [2.05, 4.69) is 26.4 Å². The number of thioether (sulfide) groups is 1. The van der Waals surface area contributed by atoms with Crippen molar-refractivity contribution in [2.45, 2.75) is 13.3 Å². The molecule has 1 rings (SSSR count). The second-order valence-corrected chi connectivity index (χ2v) is 6.41. The molecule has 1 amide bonds. The van der Waals surface area contributed by atoms with Gasteiger partial charge in [-0.2, -0.15) is 0 Å². The van der Waals surface area contributed by atoms with E-state index in [9.17, 15) is 9.59 Å². The number of ether oxygens (including phenoxy) is 1. The molecule has 0 aliphatic rings. The number of nitrogens with zero attached hydrogens (tertiary/aromatic N) is 1. The van der Waals surface area contributed by atoms with Gasteiger partial charge < -0.3 is 15.3 Å². The van der Waals surface area contributed by atoms with E-state index in [1.165, 1.54) is 6.92 Å². The second kappa shape index (κ2) is 9.47. The Morgan fingerprint density at radius 3 is 2.73 bits per heavy atom. The lowest BCUT2D eigenvalue weighted by Gasteiger charge is -2.08. The molecule has 0 unspecified atom stereocenters. The smallest absolute Gasteiger partial charge is 0.269 e. The quantitative estimate of drug-likeness (QED) is 0.323. The highest BCUT2D eigenvalue weighted by molar-refractivity contribution is 9.10. The van der Waals surface area contributed by atoms with Gasteiger partial charge in [0.05, 0.1) is 11.6 Å². The Balaban J connectivity index is 2.59. The molecule has 0 bridgehead atoms. The van der Waals surface area contributed by atoms with Crippen LogP contribution in [0.2, 0.25) is 0 Å². The highest BCUT2D eigenvalue weighted by Gasteiger charge is 2.13. The SMILES string of the molecule is COc1ccc(C/C(=N/O)C(=O)NCCSC(C)=O)cc1Br. The van der Waals surface area contributed by atoms with E-state index in [4.69, 9.17) is 9.94 Å². The minimum Gasteiger partial charge on any atom is -0.496 e. The van der Waals surface area contributed by atoms with Crippen molar-refractivity contribution in [2.24, 2.45) is 5.16 Å². The van der Waals surface area contributed by atoms with Crippen molar-refractivity contribution in [1.82, 2.24) is 5.32 Å². The van der Waals surface area contributed by atoms with E-state index in [0.717, 1.165) is 21.8 Å². The molecule has 0 aliphatic carbocycles. The maximum absolute atomic E-state index is 11.9. The van der Waals surface area contributed by atoms with Crippen LogP contribution >= 0.6 is 27.7 Å². The number of carbonyl (C=O) groups is 2. The number of hydrogen-bond acceptors (Lipinski definition) is 6. The van der Waals surface area contributed by atoms with E-state index in [1.807, 2.05) is 0 Å². The zero-order chi connectivity index (χ0) is 16.5. The number of amides is 1. The van der Waals surface area contributed by atoms with Gasteiger partial charge in [-0.05, 0) is 33.6 Å². The van der Waals surface area contributed by atoms with Crippen molar-refractivity contribution < 1.29 is 19.5 Å². The number of methoxy groups -OCH3 is 1. The lowest BCUT2D eigenvalue weighted by Crippen LogP contribution is -2.34. The van der Waals surface area contributed by atoms with Crippen molar-refractivity contribution in [2.75, 3.05) is 19.4 Å². The van der Waals surface area contributed by atoms with Gasteiger partial charge in [0.15, 0.2) is 5.12 Å². The van der Waals surface area contributed by atoms with Crippen molar-refractivity contribution in [3.63, 3.8) is 0 Å². The highest BCUT2D eigenvalue weighted by atomic mass is 79.9. The van der Waals surface area contributed by atoms with E-state index >= 15 is 0 Å². The van der Waals surface area contributed by atoms with Gasteiger partial charge in [-0.1, -0.05) is 23.0 Å². The Kier molecular flexibility index (Phi) is 7.97. The van der Waals surface area contributed by atoms with Gasteiger partial charge >= 0.3 is 0 Å². The minimum atomic E-state index is -0.460. The summed E-state index contributed by atoms with van der Waals surface area (Å²) in [6.07, 6.45) is 0.185. The van der Waals surface area contributed by atoms with E-state index in [1.54, 1.807) is 25.3 Å². The van der Waals surface area contributed by atoms with Crippen molar-refractivity contribution in [3.05, 3.63) is 28.2 Å². The fourth-order valence-electron chi connectivity index (χ4n) is 1.64. The molecule has 0 saturated carbocycles. The van der Waals surface area contributed by atoms with Crippen LogP contribution in [0.4, 0.5) is 0 Å². The molecule has 2 N–H and O–H groups in total. The fourth-order valence-corrected chi connectivity index (χ4v) is 2.72. The molecular formula is C14H17BrN2O4S. The summed E-state index contributed by atoms with van der Waals surface area (Å²) >= 11 is 4.48. The molecular weight excluding hydrogens is 372 g/mol. The average molecular weight is 389 g/mol. The first-order valence-corrected chi connectivity index (χ1v) is 8.20. The van der Waals surface area contributed by atoms with Gasteiger partial charge in [0.1, 0.15) is 11.5 Å². The van der Waals surface area contributed by atoms with E-state index in [0.29, 0.717) is 18.0 Å². The summed E-state index contributed by atoms with van der Waals surface area (Å²) in [6, 6.07) is 5.34. The summed E-state index contributed by atoms with van der Waals surface area (Å²) in [5.41, 5.74) is 0.804. The summed E-state index contributed by atoms with van der Waals surface area (Å²) in [5.74, 6) is 0.698. The first-order valence-electron chi connectivity index (χ1n) is 6.42. The molecule has 0 radical (unpaired) electrons. The number of nitrogens with one attached hydrogen (secondary N) is 1. The monoisotopic (exact) mass is 388 g/mol. The minimum absolute atomic E-state index is 0.00453. The maximum atomic E-state index is 11.9. The van der Waals surface area contributed by atoms with Gasteiger partial charge in [-0.3, -0.25) is 9.59 Å². The Morgan fingerprint density at radius 1 is 1.45 bits per heavy atom. The Bertz CT molecular complexity index is 578. The molecule has 22 heavy (non-hydrogen) atoms. The van der Waals surface area contributed by atoms with E-state index in [-0.39, 0.29) is 17.2 Å². The lowest BCUT2D eigenvalue weighted by atomic mass is 10.1. The largest absolute Gasteiger partial charge is 0.496 e. The first-order chi connectivity index (χ1) is 10.5. The van der Waals surface area contributed by atoms with Crippen LogP contribution in [0, 0.1) is 0 Å². The van der Waals surface area contributed by atoms with Gasteiger partial charge in [0.2, 0.25) is 0 Å². The molecule has 0 spiro atoms. The summed E-state index contributed by atoms with van der Waals surface area (Å²) in [6.45, 7) is 1.79. The molecule has 0 saturated heterocycles. The van der Waals surface area contributed by atoms with Gasteiger partial charge in [0, 0.05) is 25.6 Å². The number of rotatable bonds is 7. The maximum Gasteiger partial charge on any atom is 0.269 e. The standard InChI is InChI=1S/C14H17BrN2O4S/c1-9(18)22-6-5-16-14(19)12(17-20)8-10-3-4-13(21-2)11(15)7-10/h3-4,7,20H,5-6,8H2,1-2H3,(H,16,19)/b17-12-. The predicted octanol–water partition coefficient (Wildman–Crippen LogP) is 2.23. The Morgan fingerprint density at radius 2 is 2.18 bits per heavy atom. The molecule has 0 atom stereocenters. The number of benzene rings is 1. The molecule has 0 heterocycles. The number of hydrogen-bond donors (Lipinski definition) is 2. The van der Waals surface area contributed by atoms with Gasteiger partial charge in [0.25, 0.3) is 5.91 Å². The number of oxime groups is 1. The number of halogens is 1. The first kappa shape index (κ1) is 18.5. The van der Waals surface area contributed by atoms with Crippen LogP contribution < -0.4 is 10.1 Å². The van der Waals surface area contributed by atoms with Crippen molar-refractivity contribution in [3.8, 4) is 5.75 Å². The van der Waals surface area contributed by atoms with Crippen LogP contribution in [0.15, 0.2) is 27.8 Å². The van der Waals surface area contributed by atoms with Crippen molar-refractivity contribution >= 4 is 44.4 Å². The summed E-state index contributed by atoms with van der Waals surface area (Å²) in [7, 11) is 1.56. The summed E-state index contributed by atoms with van der Waals surface area (Å²) in [4.78, 5) is 22.7. The second-order valence-electron chi connectivity index (χ2n) is 4.29. The zero-order valence-corrected chi connectivity index (χ0v) is 14.7. The lowest BCUT2D eigenvalue weighted by molar-refractivity contribution is -0.115. The fraction of sp³-hybridized carbons (Fsp3) is 0.357. The van der Waals surface area contributed by atoms with Crippen molar-refractivity contribution in [1.29, 1.82) is 0 Å². The highest BCUT2D eigenvalue weighted by Crippen LogP contribution is 2.25. The third-order valence-electron chi connectivity index (χ3n) is 2.66. The molecule has 1 aromatic rings. The summed E-state index contributed by atoms with van der Waals surface area (Å²) in [5, 5.41) is 14.7. The third-order valence-corrected chi connectivity index (χ3v) is 4.10. The molecule has 0 fully saturated rings. The summed E-state index contributed by atoms with van der Waals surface area (Å²) < 4.78 is 5.88. The predicted molar refractivity (Wildman–Crippen MR) is 89.8 cm³/mol. The average Bonchev–Trinajstić information content (AvgIpc) is 2.49.